The van der Waals surface area contributed by atoms with Crippen LogP contribution in [0.15, 0.2) is 47.4 Å². The Bertz CT molecular complexity index is 864. The molecule has 0 spiro atoms. The summed E-state index contributed by atoms with van der Waals surface area (Å²) in [5, 5.41) is 29.6. The highest BCUT2D eigenvalue weighted by molar-refractivity contribution is 5.59. The molecule has 2 atom stereocenters. The molecule has 0 radical (unpaired) electrons. The van der Waals surface area contributed by atoms with Crippen LogP contribution in [0, 0.1) is 45.3 Å². The average molecular weight is 344 g/mol. The Labute approximate surface area is 153 Å². The first-order valence-corrected chi connectivity index (χ1v) is 8.68. The van der Waals surface area contributed by atoms with E-state index in [-0.39, 0.29) is 17.2 Å². The van der Waals surface area contributed by atoms with Crippen LogP contribution in [0.3, 0.4) is 0 Å². The van der Waals surface area contributed by atoms with Gasteiger partial charge in [-0.05, 0) is 30.2 Å². The Balaban J connectivity index is 2.26. The highest BCUT2D eigenvalue weighted by atomic mass is 15.1. The third-order valence-corrected chi connectivity index (χ3v) is 5.32. The maximum Gasteiger partial charge on any atom is 0.191 e. The zero-order valence-corrected chi connectivity index (χ0v) is 14.7. The quantitative estimate of drug-likeness (QED) is 0.899. The van der Waals surface area contributed by atoms with Gasteiger partial charge in [0.25, 0.3) is 0 Å². The van der Waals surface area contributed by atoms with E-state index in [1.54, 1.807) is 18.5 Å². The van der Waals surface area contributed by atoms with Gasteiger partial charge in [0.1, 0.15) is 6.07 Å². The Morgan fingerprint density at radius 1 is 1.35 bits per heavy atom. The molecule has 0 saturated carbocycles. The number of allylic oxidation sites excluding steroid dienone is 2. The van der Waals surface area contributed by atoms with Crippen molar-refractivity contribution in [3.05, 3.63) is 53.0 Å². The summed E-state index contributed by atoms with van der Waals surface area (Å²) in [5.74, 6) is -0.616. The number of nitrogens with zero attached hydrogens (tertiary/aromatic N) is 5. The molecule has 2 N–H and O–H groups in total. The van der Waals surface area contributed by atoms with Gasteiger partial charge in [0, 0.05) is 37.3 Å². The second-order valence-electron chi connectivity index (χ2n) is 6.72. The van der Waals surface area contributed by atoms with E-state index in [1.807, 2.05) is 12.1 Å². The van der Waals surface area contributed by atoms with Crippen LogP contribution < -0.4 is 5.73 Å². The molecular weight excluding hydrogens is 324 g/mol. The van der Waals surface area contributed by atoms with E-state index in [4.69, 9.17) is 5.73 Å². The van der Waals surface area contributed by atoms with Gasteiger partial charge in [-0.25, -0.2) is 0 Å². The maximum atomic E-state index is 9.97. The van der Waals surface area contributed by atoms with E-state index < -0.39 is 11.3 Å². The van der Waals surface area contributed by atoms with Gasteiger partial charge in [-0.1, -0.05) is 19.1 Å². The van der Waals surface area contributed by atoms with Crippen LogP contribution in [-0.2, 0) is 0 Å². The third-order valence-electron chi connectivity index (χ3n) is 5.32. The van der Waals surface area contributed by atoms with Crippen molar-refractivity contribution in [3.8, 4) is 18.2 Å². The van der Waals surface area contributed by atoms with Crippen molar-refractivity contribution in [2.24, 2.45) is 17.1 Å². The zero-order valence-electron chi connectivity index (χ0n) is 14.7. The van der Waals surface area contributed by atoms with Crippen molar-refractivity contribution in [2.75, 3.05) is 19.6 Å². The lowest BCUT2D eigenvalue weighted by molar-refractivity contribution is 0.207. The molecule has 2 heterocycles. The van der Waals surface area contributed by atoms with Gasteiger partial charge in [0.05, 0.1) is 23.4 Å². The fourth-order valence-corrected chi connectivity index (χ4v) is 4.17. The second kappa shape index (κ2) is 7.00. The molecule has 6 nitrogen and oxygen atoms in total. The Hall–Kier alpha value is -3.14. The first-order chi connectivity index (χ1) is 12.6. The molecule has 6 heteroatoms. The molecule has 0 saturated heterocycles. The Kier molecular flexibility index (Phi) is 4.76. The predicted molar refractivity (Wildman–Crippen MR) is 95.8 cm³/mol. The maximum absolute atomic E-state index is 9.97. The first-order valence-electron chi connectivity index (χ1n) is 8.68. The summed E-state index contributed by atoms with van der Waals surface area (Å²) < 4.78 is 0. The van der Waals surface area contributed by atoms with Gasteiger partial charge in [0.15, 0.2) is 5.41 Å². The topological polar surface area (TPSA) is 114 Å². The van der Waals surface area contributed by atoms with Gasteiger partial charge in [-0.2, -0.15) is 15.8 Å². The summed E-state index contributed by atoms with van der Waals surface area (Å²) in [5.41, 5.74) is 6.67. The van der Waals surface area contributed by atoms with Crippen molar-refractivity contribution in [1.82, 2.24) is 9.88 Å². The molecule has 1 aliphatic carbocycles. The molecule has 26 heavy (non-hydrogen) atoms. The normalized spacial score (nSPS) is 24.6. The van der Waals surface area contributed by atoms with Crippen LogP contribution in [0.1, 0.15) is 24.8 Å². The van der Waals surface area contributed by atoms with Crippen LogP contribution >= 0.6 is 0 Å². The predicted octanol–water partition coefficient (Wildman–Crippen LogP) is 2.22. The molecule has 0 bridgehead atoms. The number of fused-ring (bicyclic) bond motifs is 1. The number of aromatic nitrogens is 1. The van der Waals surface area contributed by atoms with Gasteiger partial charge in [-0.15, -0.1) is 0 Å². The molecule has 0 amide bonds. The van der Waals surface area contributed by atoms with Crippen LogP contribution in [0.4, 0.5) is 0 Å². The van der Waals surface area contributed by atoms with Gasteiger partial charge < -0.3 is 5.73 Å². The summed E-state index contributed by atoms with van der Waals surface area (Å²) in [4.78, 5) is 6.46. The van der Waals surface area contributed by atoms with Crippen molar-refractivity contribution >= 4 is 0 Å². The molecule has 0 aromatic carbocycles. The molecule has 1 aliphatic heterocycles. The lowest BCUT2D eigenvalue weighted by Gasteiger charge is -2.45. The molecule has 130 valence electrons. The molecule has 0 fully saturated rings. The Morgan fingerprint density at radius 2 is 2.12 bits per heavy atom. The van der Waals surface area contributed by atoms with E-state index in [9.17, 15) is 15.8 Å². The fourth-order valence-electron chi connectivity index (χ4n) is 4.17. The largest absolute Gasteiger partial charge is 0.399 e. The van der Waals surface area contributed by atoms with Crippen molar-refractivity contribution in [3.63, 3.8) is 0 Å². The molecule has 2 aliphatic rings. The standard InChI is InChI=1S/C20H20N6/c1-2-7-26-8-5-15-16(9-21)19(24)20(12-22,13-23)18(17(15)11-26)14-4-3-6-25-10-14/h3-6,10,17-18H,2,7-8,11,24H2,1H3/t17-,18-/m1/s1. The van der Waals surface area contributed by atoms with E-state index in [2.05, 4.69) is 35.0 Å². The number of rotatable bonds is 3. The molecule has 0 unspecified atom stereocenters. The number of pyridine rings is 1. The molecule has 1 aromatic heterocycles. The minimum Gasteiger partial charge on any atom is -0.399 e. The minimum atomic E-state index is -1.58. The lowest BCUT2D eigenvalue weighted by Crippen LogP contribution is -2.48. The van der Waals surface area contributed by atoms with E-state index >= 15 is 0 Å². The number of nitrogens with two attached hydrogens (primary N) is 1. The minimum absolute atomic E-state index is 0.0605. The summed E-state index contributed by atoms with van der Waals surface area (Å²) in [6.07, 6.45) is 6.39. The van der Waals surface area contributed by atoms with Gasteiger partial charge in [-0.3, -0.25) is 9.88 Å². The zero-order chi connectivity index (χ0) is 18.7. The van der Waals surface area contributed by atoms with Crippen LogP contribution in [-0.4, -0.2) is 29.5 Å². The van der Waals surface area contributed by atoms with E-state index in [1.165, 1.54) is 0 Å². The smallest absolute Gasteiger partial charge is 0.191 e. The van der Waals surface area contributed by atoms with Crippen LogP contribution in [0.5, 0.6) is 0 Å². The first kappa shape index (κ1) is 17.7. The lowest BCUT2D eigenvalue weighted by atomic mass is 9.58. The number of hydrogen-bond donors (Lipinski definition) is 1. The molecule has 1 aromatic rings. The summed E-state index contributed by atoms with van der Waals surface area (Å²) in [6, 6.07) is 10.1. The van der Waals surface area contributed by atoms with Gasteiger partial charge in [0.2, 0.25) is 0 Å². The SMILES string of the molecule is CCCN1CC=C2C(C#N)=C(N)C(C#N)(C#N)[C@H](c3cccnc3)[C@@H]2C1. The summed E-state index contributed by atoms with van der Waals surface area (Å²) >= 11 is 0. The van der Waals surface area contributed by atoms with Gasteiger partial charge >= 0.3 is 0 Å². The van der Waals surface area contributed by atoms with E-state index in [0.29, 0.717) is 6.54 Å². The van der Waals surface area contributed by atoms with Crippen molar-refractivity contribution in [1.29, 1.82) is 15.8 Å². The third kappa shape index (κ3) is 2.54. The van der Waals surface area contributed by atoms with Crippen molar-refractivity contribution in [2.45, 2.75) is 19.3 Å². The van der Waals surface area contributed by atoms with Crippen LogP contribution in [0.25, 0.3) is 0 Å². The fraction of sp³-hybridized carbons (Fsp3) is 0.400. The monoisotopic (exact) mass is 344 g/mol. The average Bonchev–Trinajstić information content (AvgIpc) is 2.68. The summed E-state index contributed by atoms with van der Waals surface area (Å²) in [6.45, 7) is 4.46. The van der Waals surface area contributed by atoms with Crippen LogP contribution in [0.2, 0.25) is 0 Å². The number of nitriles is 3. The highest BCUT2D eigenvalue weighted by Gasteiger charge is 2.54. The molecule has 3 rings (SSSR count). The van der Waals surface area contributed by atoms with Crippen molar-refractivity contribution < 1.29 is 0 Å². The van der Waals surface area contributed by atoms with E-state index in [0.717, 1.165) is 30.6 Å². The number of hydrogen-bond acceptors (Lipinski definition) is 6. The second-order valence-corrected chi connectivity index (χ2v) is 6.72. The highest BCUT2D eigenvalue weighted by Crippen LogP contribution is 2.53. The Morgan fingerprint density at radius 3 is 2.69 bits per heavy atom. The molecular formula is C20H20N6. The summed E-state index contributed by atoms with van der Waals surface area (Å²) in [7, 11) is 0.